The van der Waals surface area contributed by atoms with Crippen LogP contribution >= 0.6 is 11.3 Å². The van der Waals surface area contributed by atoms with E-state index in [1.54, 1.807) is 17.6 Å². The summed E-state index contributed by atoms with van der Waals surface area (Å²) in [5.74, 6) is 0. The number of nitrogens with one attached hydrogen (secondary N) is 2. The number of hydrogen-bond donors (Lipinski definition) is 2. The quantitative estimate of drug-likeness (QED) is 0.908. The van der Waals surface area contributed by atoms with Crippen LogP contribution < -0.4 is 10.6 Å². The highest BCUT2D eigenvalue weighted by Gasteiger charge is 2.34. The number of aromatic nitrogens is 1. The molecule has 2 aromatic heterocycles. The molecule has 0 bridgehead atoms. The van der Waals surface area contributed by atoms with Crippen molar-refractivity contribution in [1.29, 1.82) is 0 Å². The van der Waals surface area contributed by atoms with Gasteiger partial charge in [-0.05, 0) is 30.4 Å². The van der Waals surface area contributed by atoms with Gasteiger partial charge in [-0.25, -0.2) is 4.79 Å². The van der Waals surface area contributed by atoms with Crippen molar-refractivity contribution in [2.75, 3.05) is 18.5 Å². The summed E-state index contributed by atoms with van der Waals surface area (Å²) in [6.07, 6.45) is 3.24. The predicted molar refractivity (Wildman–Crippen MR) is 84.2 cm³/mol. The fourth-order valence-electron chi connectivity index (χ4n) is 2.52. The molecule has 1 atom stereocenters. The number of carbonyl (C=O) groups is 1. The highest BCUT2D eigenvalue weighted by Crippen LogP contribution is 2.35. The number of oxazole rings is 1. The average Bonchev–Trinajstić information content (AvgIpc) is 3.15. The zero-order chi connectivity index (χ0) is 15.6. The van der Waals surface area contributed by atoms with Gasteiger partial charge in [-0.15, -0.1) is 11.3 Å². The lowest BCUT2D eigenvalue weighted by Gasteiger charge is -2.34. The van der Waals surface area contributed by atoms with Crippen LogP contribution in [0.3, 0.4) is 0 Å². The molecule has 0 aliphatic carbocycles. The molecule has 2 aromatic rings. The Kier molecular flexibility index (Phi) is 4.17. The van der Waals surface area contributed by atoms with E-state index in [0.29, 0.717) is 13.2 Å². The molecule has 0 aromatic carbocycles. The van der Waals surface area contributed by atoms with Crippen LogP contribution in [0.4, 0.5) is 10.8 Å². The van der Waals surface area contributed by atoms with Crippen molar-refractivity contribution < 1.29 is 13.9 Å². The summed E-state index contributed by atoms with van der Waals surface area (Å²) < 4.78 is 11.1. The minimum absolute atomic E-state index is 0.209. The minimum atomic E-state index is -0.490. The number of carbonyl (C=O) groups excluding carboxylic acids is 1. The second kappa shape index (κ2) is 6.10. The van der Waals surface area contributed by atoms with Gasteiger partial charge in [0.05, 0.1) is 18.8 Å². The smallest absolute Gasteiger partial charge is 0.322 e. The van der Waals surface area contributed by atoms with Crippen LogP contribution in [0.15, 0.2) is 22.1 Å². The number of rotatable bonds is 4. The summed E-state index contributed by atoms with van der Waals surface area (Å²) in [4.78, 5) is 17.4. The van der Waals surface area contributed by atoms with Gasteiger partial charge in [0.25, 0.3) is 0 Å². The Morgan fingerprint density at radius 2 is 2.41 bits per heavy atom. The van der Waals surface area contributed by atoms with Crippen molar-refractivity contribution in [3.63, 3.8) is 0 Å². The van der Waals surface area contributed by atoms with Crippen molar-refractivity contribution in [3.05, 3.63) is 33.8 Å². The number of hydrogen-bond acceptors (Lipinski definition) is 5. The Labute approximate surface area is 132 Å². The van der Waals surface area contributed by atoms with Gasteiger partial charge >= 0.3 is 12.0 Å². The number of ether oxygens (including phenoxy) is 1. The summed E-state index contributed by atoms with van der Waals surface area (Å²) in [5, 5.41) is 7.49. The van der Waals surface area contributed by atoms with Crippen LogP contribution in [0.2, 0.25) is 0 Å². The Morgan fingerprint density at radius 3 is 3.18 bits per heavy atom. The number of aryl methyl sites for hydroxylation is 1. The molecular formula is C15H19N3O3S. The number of thiophene rings is 1. The normalized spacial score (nSPS) is 20.5. The van der Waals surface area contributed by atoms with E-state index in [-0.39, 0.29) is 12.0 Å². The summed E-state index contributed by atoms with van der Waals surface area (Å²) in [6.45, 7) is 5.04. The van der Waals surface area contributed by atoms with Crippen LogP contribution in [0.5, 0.6) is 0 Å². The maximum Gasteiger partial charge on any atom is 0.322 e. The van der Waals surface area contributed by atoms with Crippen LogP contribution in [-0.2, 0) is 23.2 Å². The molecule has 0 fully saturated rings. The van der Waals surface area contributed by atoms with Crippen molar-refractivity contribution in [1.82, 2.24) is 10.3 Å². The molecule has 0 radical (unpaired) electrons. The third kappa shape index (κ3) is 3.00. The van der Waals surface area contributed by atoms with Gasteiger partial charge in [0.15, 0.2) is 0 Å². The Bertz CT molecular complexity index is 667. The molecule has 118 valence electrons. The average molecular weight is 321 g/mol. The third-order valence-corrected chi connectivity index (χ3v) is 4.77. The van der Waals surface area contributed by atoms with Crippen molar-refractivity contribution in [3.8, 4) is 0 Å². The van der Waals surface area contributed by atoms with Crippen molar-refractivity contribution >= 4 is 23.4 Å². The van der Waals surface area contributed by atoms with E-state index < -0.39 is 5.60 Å². The maximum atomic E-state index is 12.0. The molecular weight excluding hydrogens is 302 g/mol. The highest BCUT2D eigenvalue weighted by molar-refractivity contribution is 7.10. The second-order valence-electron chi connectivity index (χ2n) is 5.39. The Balaban J connectivity index is 1.59. The molecule has 2 amide bonds. The first-order chi connectivity index (χ1) is 10.6. The van der Waals surface area contributed by atoms with Crippen molar-refractivity contribution in [2.45, 2.75) is 32.3 Å². The summed E-state index contributed by atoms with van der Waals surface area (Å²) in [5.41, 5.74) is 1.48. The Hall–Kier alpha value is -1.86. The number of nitrogens with zero attached hydrogens (tertiary/aromatic N) is 1. The lowest BCUT2D eigenvalue weighted by atomic mass is 9.93. The summed E-state index contributed by atoms with van der Waals surface area (Å²) in [6, 6.07) is 1.93. The number of amides is 2. The van der Waals surface area contributed by atoms with Crippen LogP contribution in [0, 0.1) is 0 Å². The Morgan fingerprint density at radius 1 is 1.55 bits per heavy atom. The van der Waals surface area contributed by atoms with E-state index in [2.05, 4.69) is 27.1 Å². The van der Waals surface area contributed by atoms with Gasteiger partial charge < -0.3 is 14.5 Å². The SMILES string of the molecule is CCc1coc(NC(=O)NCC2(C)OCCc3sccc32)n1. The molecule has 0 saturated carbocycles. The fraction of sp³-hybridized carbons (Fsp3) is 0.467. The standard InChI is InChI=1S/C15H19N3O3S/c1-3-10-8-20-14(17-10)18-13(19)16-9-15(2)11-5-7-22-12(11)4-6-21-15/h5,7-8H,3-4,6,9H2,1-2H3,(H2,16,17,18,19). The van der Waals surface area contributed by atoms with Gasteiger partial charge in [-0.2, -0.15) is 4.98 Å². The lowest BCUT2D eigenvalue weighted by Crippen LogP contribution is -2.44. The number of urea groups is 1. The molecule has 6 nitrogen and oxygen atoms in total. The monoisotopic (exact) mass is 321 g/mol. The zero-order valence-corrected chi connectivity index (χ0v) is 13.5. The molecule has 3 heterocycles. The zero-order valence-electron chi connectivity index (χ0n) is 12.6. The first kappa shape index (κ1) is 15.1. The number of fused-ring (bicyclic) bond motifs is 1. The van der Waals surface area contributed by atoms with E-state index in [1.807, 2.05) is 13.8 Å². The van der Waals surface area contributed by atoms with Gasteiger partial charge in [-0.1, -0.05) is 6.92 Å². The molecule has 7 heteroatoms. The largest absolute Gasteiger partial charge is 0.432 e. The highest BCUT2D eigenvalue weighted by atomic mass is 32.1. The second-order valence-corrected chi connectivity index (χ2v) is 6.39. The summed E-state index contributed by atoms with van der Waals surface area (Å²) >= 11 is 1.74. The molecule has 0 saturated heterocycles. The van der Waals surface area contributed by atoms with Crippen molar-refractivity contribution in [2.24, 2.45) is 0 Å². The first-order valence-electron chi connectivity index (χ1n) is 7.31. The van der Waals surface area contributed by atoms with Gasteiger partial charge in [0, 0.05) is 11.3 Å². The molecule has 0 spiro atoms. The van der Waals surface area contributed by atoms with Crippen LogP contribution in [-0.4, -0.2) is 24.2 Å². The molecule has 2 N–H and O–H groups in total. The summed E-state index contributed by atoms with van der Waals surface area (Å²) in [7, 11) is 0. The van der Waals surface area contributed by atoms with Crippen LogP contribution in [0.25, 0.3) is 0 Å². The molecule has 1 aliphatic heterocycles. The third-order valence-electron chi connectivity index (χ3n) is 3.79. The maximum absolute atomic E-state index is 12.0. The molecule has 3 rings (SSSR count). The molecule has 1 aliphatic rings. The molecule has 22 heavy (non-hydrogen) atoms. The van der Waals surface area contributed by atoms with E-state index in [0.717, 1.165) is 24.1 Å². The first-order valence-corrected chi connectivity index (χ1v) is 8.19. The number of anilines is 1. The molecule has 1 unspecified atom stereocenters. The fourth-order valence-corrected chi connectivity index (χ4v) is 3.50. The van der Waals surface area contributed by atoms with Gasteiger partial charge in [0.1, 0.15) is 11.9 Å². The van der Waals surface area contributed by atoms with E-state index in [4.69, 9.17) is 9.15 Å². The van der Waals surface area contributed by atoms with E-state index in [1.165, 1.54) is 4.88 Å². The topological polar surface area (TPSA) is 76.4 Å². The van der Waals surface area contributed by atoms with Gasteiger partial charge in [0.2, 0.25) is 0 Å². The van der Waals surface area contributed by atoms with Gasteiger partial charge in [-0.3, -0.25) is 5.32 Å². The van der Waals surface area contributed by atoms with Crippen LogP contribution in [0.1, 0.15) is 30.0 Å². The minimum Gasteiger partial charge on any atom is -0.432 e. The lowest BCUT2D eigenvalue weighted by molar-refractivity contribution is -0.0416. The predicted octanol–water partition coefficient (Wildman–Crippen LogP) is 2.91. The van der Waals surface area contributed by atoms with E-state index in [9.17, 15) is 4.79 Å². The van der Waals surface area contributed by atoms with E-state index >= 15 is 0 Å².